The number of hydrogen-bond donors (Lipinski definition) is 1. The Balaban J connectivity index is 2.20. The normalized spacial score (nSPS) is 15.5. The van der Waals surface area contributed by atoms with Crippen molar-refractivity contribution in [3.05, 3.63) is 35.7 Å². The van der Waals surface area contributed by atoms with Gasteiger partial charge in [0.2, 0.25) is 0 Å². The van der Waals surface area contributed by atoms with Crippen molar-refractivity contribution in [3.63, 3.8) is 0 Å². The van der Waals surface area contributed by atoms with Crippen LogP contribution in [0.2, 0.25) is 0 Å². The third-order valence-corrected chi connectivity index (χ3v) is 3.69. The van der Waals surface area contributed by atoms with Gasteiger partial charge in [-0.3, -0.25) is 0 Å². The topological polar surface area (TPSA) is 43.8 Å². The molecule has 1 aromatic heterocycles. The van der Waals surface area contributed by atoms with Gasteiger partial charge in [-0.1, -0.05) is 0 Å². The molecule has 0 unspecified atom stereocenters. The molecule has 2 N–H and O–H groups in total. The van der Waals surface area contributed by atoms with Gasteiger partial charge in [0.25, 0.3) is 0 Å². The molecule has 2 aromatic rings. The van der Waals surface area contributed by atoms with Crippen molar-refractivity contribution in [2.75, 3.05) is 5.73 Å². The van der Waals surface area contributed by atoms with Gasteiger partial charge in [0.1, 0.15) is 29.0 Å². The average Bonchev–Trinajstić information content (AvgIpc) is 3.10. The van der Waals surface area contributed by atoms with Crippen LogP contribution < -0.4 is 5.73 Å². The molecule has 1 aromatic carbocycles. The summed E-state index contributed by atoms with van der Waals surface area (Å²) in [5.74, 6) is 0.540. The van der Waals surface area contributed by atoms with Crippen molar-refractivity contribution in [1.29, 1.82) is 0 Å². The molecule has 0 atom stereocenters. The average molecular weight is 291 g/mol. The van der Waals surface area contributed by atoms with Crippen LogP contribution >= 0.6 is 0 Å². The molecule has 112 valence electrons. The molecular weight excluding hydrogens is 272 g/mol. The van der Waals surface area contributed by atoms with Crippen LogP contribution in [0, 0.1) is 11.6 Å². The van der Waals surface area contributed by atoms with Crippen molar-refractivity contribution >= 4 is 5.82 Å². The van der Waals surface area contributed by atoms with E-state index in [2.05, 4.69) is 4.98 Å². The molecule has 0 radical (unpaired) electrons. The fourth-order valence-corrected chi connectivity index (χ4v) is 2.67. The van der Waals surface area contributed by atoms with Gasteiger partial charge in [0, 0.05) is 23.1 Å². The largest absolute Gasteiger partial charge is 0.383 e. The van der Waals surface area contributed by atoms with Crippen molar-refractivity contribution in [2.24, 2.45) is 0 Å². The Bertz CT molecular complexity index is 674. The van der Waals surface area contributed by atoms with E-state index in [9.17, 15) is 8.78 Å². The summed E-state index contributed by atoms with van der Waals surface area (Å²) in [6, 6.07) is 3.39. The summed E-state index contributed by atoms with van der Waals surface area (Å²) in [5.41, 5.74) is 6.87. The first kappa shape index (κ1) is 14.0. The van der Waals surface area contributed by atoms with E-state index in [1.807, 2.05) is 25.3 Å². The molecule has 1 saturated carbocycles. The summed E-state index contributed by atoms with van der Waals surface area (Å²) in [5, 5.41) is 0. The molecule has 3 rings (SSSR count). The first-order valence-electron chi connectivity index (χ1n) is 7.12. The summed E-state index contributed by atoms with van der Waals surface area (Å²) in [6.07, 6.45) is 2.17. The van der Waals surface area contributed by atoms with Gasteiger partial charge < -0.3 is 10.3 Å². The standard InChI is InChI=1S/C16H19F2N3/c1-16(2,3)21-14(19)13(20-15(21)9-4-5-9)10-6-11(17)8-12(18)7-10/h6-9H,4-5,19H2,1-3H3. The van der Waals surface area contributed by atoms with E-state index in [1.54, 1.807) is 0 Å². The summed E-state index contributed by atoms with van der Waals surface area (Å²) in [6.45, 7) is 6.15. The highest BCUT2D eigenvalue weighted by Gasteiger charge is 2.34. The van der Waals surface area contributed by atoms with Gasteiger partial charge in [-0.05, 0) is 45.7 Å². The molecule has 1 fully saturated rings. The number of anilines is 1. The molecule has 1 heterocycles. The summed E-state index contributed by atoms with van der Waals surface area (Å²) < 4.78 is 28.9. The molecule has 21 heavy (non-hydrogen) atoms. The lowest BCUT2D eigenvalue weighted by Gasteiger charge is -2.25. The molecule has 0 aliphatic heterocycles. The lowest BCUT2D eigenvalue weighted by molar-refractivity contribution is 0.388. The van der Waals surface area contributed by atoms with Crippen LogP contribution in [-0.4, -0.2) is 9.55 Å². The minimum Gasteiger partial charge on any atom is -0.383 e. The number of nitrogens with zero attached hydrogens (tertiary/aromatic N) is 2. The molecule has 5 heteroatoms. The zero-order valence-corrected chi connectivity index (χ0v) is 12.5. The SMILES string of the molecule is CC(C)(C)n1c(C2CC2)nc(-c2cc(F)cc(F)c2)c1N. The number of halogens is 2. The Kier molecular flexibility index (Phi) is 3.04. The quantitative estimate of drug-likeness (QED) is 0.907. The predicted octanol–water partition coefficient (Wildman–Crippen LogP) is 4.04. The van der Waals surface area contributed by atoms with E-state index < -0.39 is 11.6 Å². The highest BCUT2D eigenvalue weighted by atomic mass is 19.1. The smallest absolute Gasteiger partial charge is 0.132 e. The Hall–Kier alpha value is -1.91. The van der Waals surface area contributed by atoms with E-state index in [-0.39, 0.29) is 5.54 Å². The van der Waals surface area contributed by atoms with E-state index >= 15 is 0 Å². The molecule has 3 nitrogen and oxygen atoms in total. The highest BCUT2D eigenvalue weighted by molar-refractivity contribution is 5.71. The maximum Gasteiger partial charge on any atom is 0.132 e. The van der Waals surface area contributed by atoms with E-state index in [1.165, 1.54) is 12.1 Å². The van der Waals surface area contributed by atoms with Crippen molar-refractivity contribution in [2.45, 2.75) is 45.1 Å². The van der Waals surface area contributed by atoms with Crippen LogP contribution in [0.4, 0.5) is 14.6 Å². The minimum atomic E-state index is -0.623. The van der Waals surface area contributed by atoms with Crippen LogP contribution in [-0.2, 0) is 5.54 Å². The Morgan fingerprint density at radius 3 is 2.19 bits per heavy atom. The van der Waals surface area contributed by atoms with Gasteiger partial charge in [0.15, 0.2) is 0 Å². The summed E-state index contributed by atoms with van der Waals surface area (Å²) in [4.78, 5) is 4.60. The fraction of sp³-hybridized carbons (Fsp3) is 0.438. The second-order valence-corrected chi connectivity index (χ2v) is 6.64. The number of imidazole rings is 1. The highest BCUT2D eigenvalue weighted by Crippen LogP contribution is 2.44. The summed E-state index contributed by atoms with van der Waals surface area (Å²) >= 11 is 0. The van der Waals surface area contributed by atoms with E-state index in [0.29, 0.717) is 23.0 Å². The van der Waals surface area contributed by atoms with Crippen LogP contribution in [0.1, 0.15) is 45.4 Å². The molecular formula is C16H19F2N3. The third kappa shape index (κ3) is 2.52. The van der Waals surface area contributed by atoms with Gasteiger partial charge in [0.05, 0.1) is 0 Å². The van der Waals surface area contributed by atoms with Crippen molar-refractivity contribution in [1.82, 2.24) is 9.55 Å². The lowest BCUT2D eigenvalue weighted by Crippen LogP contribution is -2.25. The van der Waals surface area contributed by atoms with Crippen LogP contribution in [0.5, 0.6) is 0 Å². The maximum absolute atomic E-state index is 13.4. The van der Waals surface area contributed by atoms with Gasteiger partial charge in [-0.2, -0.15) is 0 Å². The number of benzene rings is 1. The number of hydrogen-bond acceptors (Lipinski definition) is 2. The number of rotatable bonds is 2. The molecule has 1 aliphatic rings. The Labute approximate surface area is 122 Å². The van der Waals surface area contributed by atoms with E-state index in [0.717, 1.165) is 24.7 Å². The molecule has 0 saturated heterocycles. The molecule has 0 spiro atoms. The number of aromatic nitrogens is 2. The van der Waals surface area contributed by atoms with Crippen molar-refractivity contribution in [3.8, 4) is 11.3 Å². The monoisotopic (exact) mass is 291 g/mol. The zero-order chi connectivity index (χ0) is 15.4. The molecule has 1 aliphatic carbocycles. The van der Waals surface area contributed by atoms with Crippen molar-refractivity contribution < 1.29 is 8.78 Å². The van der Waals surface area contributed by atoms with Gasteiger partial charge in [-0.15, -0.1) is 0 Å². The van der Waals surface area contributed by atoms with Crippen LogP contribution in [0.25, 0.3) is 11.3 Å². The zero-order valence-electron chi connectivity index (χ0n) is 12.5. The first-order chi connectivity index (χ1) is 9.77. The van der Waals surface area contributed by atoms with Gasteiger partial charge in [-0.25, -0.2) is 13.8 Å². The molecule has 0 amide bonds. The predicted molar refractivity (Wildman–Crippen MR) is 79.0 cm³/mol. The number of nitrogens with two attached hydrogens (primary N) is 1. The first-order valence-corrected chi connectivity index (χ1v) is 7.12. The second-order valence-electron chi connectivity index (χ2n) is 6.64. The lowest BCUT2D eigenvalue weighted by atomic mass is 10.1. The molecule has 0 bridgehead atoms. The van der Waals surface area contributed by atoms with E-state index in [4.69, 9.17) is 5.73 Å². The minimum absolute atomic E-state index is 0.223. The number of nitrogen functional groups attached to an aromatic ring is 1. The fourth-order valence-electron chi connectivity index (χ4n) is 2.67. The Morgan fingerprint density at radius 2 is 1.71 bits per heavy atom. The second kappa shape index (κ2) is 4.55. The Morgan fingerprint density at radius 1 is 1.14 bits per heavy atom. The maximum atomic E-state index is 13.4. The van der Waals surface area contributed by atoms with Gasteiger partial charge >= 0.3 is 0 Å². The van der Waals surface area contributed by atoms with Crippen LogP contribution in [0.15, 0.2) is 18.2 Å². The summed E-state index contributed by atoms with van der Waals surface area (Å²) in [7, 11) is 0. The van der Waals surface area contributed by atoms with Crippen LogP contribution in [0.3, 0.4) is 0 Å². The third-order valence-electron chi connectivity index (χ3n) is 3.69.